The Morgan fingerprint density at radius 2 is 2.00 bits per heavy atom. The van der Waals surface area contributed by atoms with Crippen molar-refractivity contribution in [3.8, 4) is 11.5 Å². The van der Waals surface area contributed by atoms with Crippen molar-refractivity contribution in [3.05, 3.63) is 26.5 Å². The number of nitro groups is 1. The lowest BCUT2D eigenvalue weighted by atomic mass is 10.2. The topological polar surface area (TPSA) is 72.6 Å². The minimum absolute atomic E-state index is 0.126. The maximum atomic E-state index is 13.1. The summed E-state index contributed by atoms with van der Waals surface area (Å²) in [4.78, 5) is 9.17. The number of hydrogen-bond acceptors (Lipinski definition) is 4. The molecule has 0 spiro atoms. The monoisotopic (exact) mass is 319 g/mol. The minimum Gasteiger partial charge on any atom is -0.501 e. The van der Waals surface area contributed by atoms with Gasteiger partial charge in [-0.15, -0.1) is 13.2 Å². The predicted molar refractivity (Wildman–Crippen MR) is 49.1 cm³/mol. The van der Waals surface area contributed by atoms with Crippen molar-refractivity contribution in [3.63, 3.8) is 0 Å². The summed E-state index contributed by atoms with van der Waals surface area (Å²) in [6.07, 6.45) is -5.19. The van der Waals surface area contributed by atoms with Crippen molar-refractivity contribution < 1.29 is 32.3 Å². The lowest BCUT2D eigenvalue weighted by Gasteiger charge is -2.12. The summed E-state index contributed by atoms with van der Waals surface area (Å²) >= 11 is 2.38. The summed E-state index contributed by atoms with van der Waals surface area (Å²) in [7, 11) is 0. The fourth-order valence-electron chi connectivity index (χ4n) is 0.927. The summed E-state index contributed by atoms with van der Waals surface area (Å²) in [6.45, 7) is 0. The molecule has 0 unspecified atom stereocenters. The number of halogens is 5. The van der Waals surface area contributed by atoms with Crippen LogP contribution in [0.1, 0.15) is 0 Å². The number of benzene rings is 1. The van der Waals surface area contributed by atoms with E-state index in [1.54, 1.807) is 0 Å². The van der Waals surface area contributed by atoms with E-state index in [4.69, 9.17) is 5.11 Å². The summed E-state index contributed by atoms with van der Waals surface area (Å²) in [5.74, 6) is -4.16. The second kappa shape index (κ2) is 4.35. The highest BCUT2D eigenvalue weighted by Crippen LogP contribution is 2.44. The van der Waals surface area contributed by atoms with Gasteiger partial charge in [-0.1, -0.05) is 0 Å². The van der Waals surface area contributed by atoms with E-state index in [0.29, 0.717) is 0 Å². The smallest absolute Gasteiger partial charge is 0.501 e. The van der Waals surface area contributed by atoms with E-state index in [1.807, 2.05) is 0 Å². The molecule has 0 aliphatic heterocycles. The van der Waals surface area contributed by atoms with Crippen LogP contribution in [-0.4, -0.2) is 16.4 Å². The Morgan fingerprint density at radius 3 is 2.41 bits per heavy atom. The van der Waals surface area contributed by atoms with E-state index >= 15 is 0 Å². The molecule has 94 valence electrons. The molecule has 0 saturated carbocycles. The van der Waals surface area contributed by atoms with Crippen molar-refractivity contribution in [1.82, 2.24) is 0 Å². The molecule has 5 nitrogen and oxygen atoms in total. The number of aromatic hydroxyl groups is 1. The number of phenolic OH excluding ortho intramolecular Hbond substituents is 1. The zero-order chi connectivity index (χ0) is 13.4. The highest BCUT2D eigenvalue weighted by molar-refractivity contribution is 9.10. The number of phenols is 1. The molecule has 1 aromatic rings. The zero-order valence-electron chi connectivity index (χ0n) is 7.59. The van der Waals surface area contributed by atoms with Gasteiger partial charge in [-0.3, -0.25) is 10.1 Å². The van der Waals surface area contributed by atoms with Crippen LogP contribution in [0.2, 0.25) is 0 Å². The van der Waals surface area contributed by atoms with Gasteiger partial charge in [0.2, 0.25) is 5.75 Å². The molecule has 0 fully saturated rings. The van der Waals surface area contributed by atoms with E-state index in [2.05, 4.69) is 20.7 Å². The van der Waals surface area contributed by atoms with Gasteiger partial charge in [-0.05, 0) is 15.9 Å². The Hall–Kier alpha value is -1.58. The van der Waals surface area contributed by atoms with Crippen LogP contribution in [0.25, 0.3) is 0 Å². The second-order valence-corrected chi connectivity index (χ2v) is 3.47. The summed E-state index contributed by atoms with van der Waals surface area (Å²) in [6, 6.07) is 0.126. The van der Waals surface area contributed by atoms with E-state index in [0.717, 1.165) is 0 Å². The lowest BCUT2D eigenvalue weighted by molar-refractivity contribution is -0.386. The van der Waals surface area contributed by atoms with Crippen LogP contribution < -0.4 is 4.74 Å². The van der Waals surface area contributed by atoms with Crippen molar-refractivity contribution in [2.45, 2.75) is 6.36 Å². The third-order valence-electron chi connectivity index (χ3n) is 1.54. The molecular weight excluding hydrogens is 318 g/mol. The van der Waals surface area contributed by atoms with E-state index < -0.39 is 38.8 Å². The Labute approximate surface area is 98.9 Å². The molecule has 1 aromatic carbocycles. The number of rotatable bonds is 2. The maximum Gasteiger partial charge on any atom is 0.573 e. The number of ether oxygens (including phenoxy) is 1. The van der Waals surface area contributed by atoms with E-state index in [-0.39, 0.29) is 6.07 Å². The van der Waals surface area contributed by atoms with Gasteiger partial charge in [0, 0.05) is 0 Å². The van der Waals surface area contributed by atoms with E-state index in [9.17, 15) is 27.7 Å². The molecule has 0 aromatic heterocycles. The van der Waals surface area contributed by atoms with Crippen LogP contribution in [0.5, 0.6) is 11.5 Å². The molecular formula is C7H2BrF4NO4. The lowest BCUT2D eigenvalue weighted by Crippen LogP contribution is -2.18. The van der Waals surface area contributed by atoms with Crippen molar-refractivity contribution in [2.24, 2.45) is 0 Å². The Kier molecular flexibility index (Phi) is 3.45. The first kappa shape index (κ1) is 13.5. The van der Waals surface area contributed by atoms with Crippen molar-refractivity contribution >= 4 is 21.6 Å². The summed E-state index contributed by atoms with van der Waals surface area (Å²) < 4.78 is 51.1. The number of alkyl halides is 3. The molecule has 10 heteroatoms. The molecule has 0 atom stereocenters. The maximum absolute atomic E-state index is 13.1. The van der Waals surface area contributed by atoms with Gasteiger partial charge in [0.15, 0.2) is 11.6 Å². The van der Waals surface area contributed by atoms with Crippen molar-refractivity contribution in [1.29, 1.82) is 0 Å². The zero-order valence-corrected chi connectivity index (χ0v) is 9.17. The van der Waals surface area contributed by atoms with Gasteiger partial charge in [0.05, 0.1) is 11.0 Å². The number of nitrogens with zero attached hydrogens (tertiary/aromatic N) is 1. The molecule has 0 bridgehead atoms. The molecule has 1 N–H and O–H groups in total. The third kappa shape index (κ3) is 2.96. The number of hydrogen-bond donors (Lipinski definition) is 1. The molecule has 0 heterocycles. The summed E-state index contributed by atoms with van der Waals surface area (Å²) in [5.41, 5.74) is -1.08. The highest BCUT2D eigenvalue weighted by Gasteiger charge is 2.35. The Bertz CT molecular complexity index is 476. The van der Waals surface area contributed by atoms with Gasteiger partial charge >= 0.3 is 12.0 Å². The third-order valence-corrected chi connectivity index (χ3v) is 2.28. The summed E-state index contributed by atoms with van der Waals surface area (Å²) in [5, 5.41) is 19.5. The van der Waals surface area contributed by atoms with Crippen LogP contribution in [-0.2, 0) is 0 Å². The predicted octanol–water partition coefficient (Wildman–Crippen LogP) is 3.10. The Balaban J connectivity index is 3.36. The Morgan fingerprint density at radius 1 is 1.47 bits per heavy atom. The average Bonchev–Trinajstić information content (AvgIpc) is 2.16. The highest BCUT2D eigenvalue weighted by atomic mass is 79.9. The van der Waals surface area contributed by atoms with Crippen LogP contribution in [0.4, 0.5) is 23.2 Å². The largest absolute Gasteiger partial charge is 0.573 e. The van der Waals surface area contributed by atoms with Gasteiger partial charge in [-0.25, -0.2) is 4.39 Å². The second-order valence-electron chi connectivity index (χ2n) is 2.67. The molecule has 1 rings (SSSR count). The number of nitro benzene ring substituents is 1. The van der Waals surface area contributed by atoms with Crippen LogP contribution in [0, 0.1) is 15.9 Å². The fraction of sp³-hybridized carbons (Fsp3) is 0.143. The van der Waals surface area contributed by atoms with Crippen LogP contribution >= 0.6 is 15.9 Å². The first-order chi connectivity index (χ1) is 7.63. The van der Waals surface area contributed by atoms with Gasteiger partial charge in [0.25, 0.3) is 0 Å². The molecule has 0 aliphatic carbocycles. The normalized spacial score (nSPS) is 11.4. The fourth-order valence-corrected chi connectivity index (χ4v) is 1.40. The standard InChI is InChI=1S/C7H2BrF4NO4/c8-4-5(14)3(13(15)16)1-2(9)6(4)17-7(10,11)12/h1,14H. The first-order valence-corrected chi connectivity index (χ1v) is 4.54. The SMILES string of the molecule is O=[N+]([O-])c1cc(F)c(OC(F)(F)F)c(Br)c1O. The van der Waals surface area contributed by atoms with Gasteiger partial charge < -0.3 is 9.84 Å². The molecule has 0 saturated heterocycles. The average molecular weight is 320 g/mol. The molecule has 17 heavy (non-hydrogen) atoms. The van der Waals surface area contributed by atoms with Crippen LogP contribution in [0.3, 0.4) is 0 Å². The van der Waals surface area contributed by atoms with Gasteiger partial charge in [-0.2, -0.15) is 0 Å². The first-order valence-electron chi connectivity index (χ1n) is 3.74. The van der Waals surface area contributed by atoms with E-state index in [1.165, 1.54) is 0 Å². The van der Waals surface area contributed by atoms with Crippen LogP contribution in [0.15, 0.2) is 10.5 Å². The minimum atomic E-state index is -5.19. The van der Waals surface area contributed by atoms with Gasteiger partial charge in [0.1, 0.15) is 4.47 Å². The molecule has 0 aliphatic rings. The van der Waals surface area contributed by atoms with Crippen molar-refractivity contribution in [2.75, 3.05) is 0 Å². The molecule has 0 amide bonds. The quantitative estimate of drug-likeness (QED) is 0.516. The molecule has 0 radical (unpaired) electrons.